The van der Waals surface area contributed by atoms with Gasteiger partial charge in [0.05, 0.1) is 14.5 Å². The first-order valence-electron chi connectivity index (χ1n) is 5.27. The maximum atomic E-state index is 12.3. The third-order valence-corrected chi connectivity index (χ3v) is 7.15. The van der Waals surface area contributed by atoms with Gasteiger partial charge in [0.25, 0.3) is 10.0 Å². The molecule has 0 bridgehead atoms. The number of anilines is 1. The number of thiocarbonyl (C=S) groups is 1. The normalized spacial score (nSPS) is 11.4. The van der Waals surface area contributed by atoms with Crippen molar-refractivity contribution in [2.75, 3.05) is 4.72 Å². The van der Waals surface area contributed by atoms with Crippen molar-refractivity contribution in [2.45, 2.75) is 4.21 Å². The lowest BCUT2D eigenvalue weighted by Gasteiger charge is -2.11. The molecule has 3 N–H and O–H groups in total. The van der Waals surface area contributed by atoms with E-state index in [0.29, 0.717) is 19.4 Å². The van der Waals surface area contributed by atoms with E-state index in [1.165, 1.54) is 12.1 Å². The second-order valence-electron chi connectivity index (χ2n) is 3.85. The van der Waals surface area contributed by atoms with Gasteiger partial charge in [-0.05, 0) is 40.2 Å². The Morgan fingerprint density at radius 3 is 2.52 bits per heavy atom. The van der Waals surface area contributed by atoms with Gasteiger partial charge in [0.15, 0.2) is 0 Å². The van der Waals surface area contributed by atoms with Crippen molar-refractivity contribution in [3.05, 3.63) is 43.7 Å². The van der Waals surface area contributed by atoms with Crippen molar-refractivity contribution in [3.8, 4) is 0 Å². The summed E-state index contributed by atoms with van der Waals surface area (Å²) in [4.78, 5) is 0.0646. The predicted octanol–water partition coefficient (Wildman–Crippen LogP) is 4.25. The van der Waals surface area contributed by atoms with Crippen LogP contribution < -0.4 is 10.5 Å². The van der Waals surface area contributed by atoms with Crippen molar-refractivity contribution >= 4 is 83.4 Å². The van der Waals surface area contributed by atoms with E-state index in [4.69, 9.17) is 41.2 Å². The summed E-state index contributed by atoms with van der Waals surface area (Å²) in [6, 6.07) is 5.92. The van der Waals surface area contributed by atoms with Crippen LogP contribution in [0.2, 0.25) is 10.0 Å². The molecule has 10 heteroatoms. The standard InChI is InChI=1S/C11H7BrCl2N2O2S3/c12-10-7(14)4-9(20-10)21(17,18)16-8-3-5(13)1-2-6(8)11(15)19/h1-4,16H,(H2,15,19). The van der Waals surface area contributed by atoms with Crippen LogP contribution in [0.4, 0.5) is 5.69 Å². The van der Waals surface area contributed by atoms with Gasteiger partial charge < -0.3 is 5.73 Å². The monoisotopic (exact) mass is 444 g/mol. The first-order chi connectivity index (χ1) is 9.70. The predicted molar refractivity (Wildman–Crippen MR) is 95.2 cm³/mol. The fourth-order valence-electron chi connectivity index (χ4n) is 1.47. The number of hydrogen-bond acceptors (Lipinski definition) is 4. The van der Waals surface area contributed by atoms with E-state index in [-0.39, 0.29) is 14.9 Å². The second kappa shape index (κ2) is 6.39. The summed E-state index contributed by atoms with van der Waals surface area (Å²) < 4.78 is 27.7. The average Bonchev–Trinajstić information content (AvgIpc) is 2.69. The number of nitrogens with one attached hydrogen (secondary N) is 1. The molecule has 0 aliphatic heterocycles. The Kier molecular flexibility index (Phi) is 5.17. The van der Waals surface area contributed by atoms with Gasteiger partial charge in [-0.3, -0.25) is 4.72 Å². The van der Waals surface area contributed by atoms with E-state index in [2.05, 4.69) is 20.7 Å². The summed E-state index contributed by atoms with van der Waals surface area (Å²) in [6.45, 7) is 0. The molecule has 0 unspecified atom stereocenters. The topological polar surface area (TPSA) is 72.2 Å². The molecule has 0 amide bonds. The highest BCUT2D eigenvalue weighted by molar-refractivity contribution is 9.11. The van der Waals surface area contributed by atoms with Gasteiger partial charge in [-0.1, -0.05) is 35.4 Å². The summed E-state index contributed by atoms with van der Waals surface area (Å²) >= 11 is 20.8. The molecule has 0 atom stereocenters. The molecular weight excluding hydrogens is 439 g/mol. The van der Waals surface area contributed by atoms with Gasteiger partial charge in [-0.15, -0.1) is 11.3 Å². The first kappa shape index (κ1) is 17.0. The molecule has 4 nitrogen and oxygen atoms in total. The van der Waals surface area contributed by atoms with Gasteiger partial charge in [0.1, 0.15) is 9.20 Å². The molecule has 1 aromatic heterocycles. The fraction of sp³-hybridized carbons (Fsp3) is 0. The Labute approximate surface area is 149 Å². The van der Waals surface area contributed by atoms with Crippen LogP contribution in [-0.2, 0) is 10.0 Å². The number of nitrogens with two attached hydrogens (primary N) is 1. The Hall–Kier alpha value is -0.380. The van der Waals surface area contributed by atoms with E-state index in [1.54, 1.807) is 12.1 Å². The van der Waals surface area contributed by atoms with Crippen molar-refractivity contribution in [1.82, 2.24) is 0 Å². The second-order valence-corrected chi connectivity index (χ2v) is 9.41. The van der Waals surface area contributed by atoms with E-state index in [9.17, 15) is 8.42 Å². The molecule has 0 fully saturated rings. The molecule has 0 radical (unpaired) electrons. The van der Waals surface area contributed by atoms with Crippen LogP contribution >= 0.6 is 62.7 Å². The van der Waals surface area contributed by atoms with Crippen LogP contribution in [-0.4, -0.2) is 13.4 Å². The zero-order valence-corrected chi connectivity index (χ0v) is 15.6. The van der Waals surface area contributed by atoms with Gasteiger partial charge in [0, 0.05) is 10.6 Å². The minimum Gasteiger partial charge on any atom is -0.389 e. The van der Waals surface area contributed by atoms with E-state index in [1.807, 2.05) is 0 Å². The van der Waals surface area contributed by atoms with Crippen molar-refractivity contribution in [3.63, 3.8) is 0 Å². The summed E-state index contributed by atoms with van der Waals surface area (Å²) in [5, 5.41) is 0.680. The Balaban J connectivity index is 2.45. The van der Waals surface area contributed by atoms with Crippen LogP contribution in [0.1, 0.15) is 5.56 Å². The molecule has 1 aromatic carbocycles. The van der Waals surface area contributed by atoms with Crippen molar-refractivity contribution in [2.24, 2.45) is 5.73 Å². The van der Waals surface area contributed by atoms with Crippen LogP contribution in [0.5, 0.6) is 0 Å². The van der Waals surface area contributed by atoms with Crippen LogP contribution in [0, 0.1) is 0 Å². The highest BCUT2D eigenvalue weighted by Crippen LogP contribution is 2.35. The molecule has 1 heterocycles. The summed E-state index contributed by atoms with van der Waals surface area (Å²) in [5.74, 6) is 0. The molecular formula is C11H7BrCl2N2O2S3. The number of thiophene rings is 1. The third-order valence-electron chi connectivity index (χ3n) is 2.38. The summed E-state index contributed by atoms with van der Waals surface area (Å²) in [5.41, 5.74) is 6.18. The minimum atomic E-state index is -3.81. The van der Waals surface area contributed by atoms with E-state index >= 15 is 0 Å². The lowest BCUT2D eigenvalue weighted by Crippen LogP contribution is -2.17. The van der Waals surface area contributed by atoms with Gasteiger partial charge in [-0.25, -0.2) is 8.42 Å². The zero-order valence-electron chi connectivity index (χ0n) is 10.1. The van der Waals surface area contributed by atoms with Crippen LogP contribution in [0.15, 0.2) is 32.3 Å². The molecule has 0 aliphatic carbocycles. The minimum absolute atomic E-state index is 0.0632. The Morgan fingerprint density at radius 1 is 1.33 bits per heavy atom. The maximum Gasteiger partial charge on any atom is 0.271 e. The van der Waals surface area contributed by atoms with Crippen LogP contribution in [0.25, 0.3) is 0 Å². The number of halogens is 3. The first-order valence-corrected chi connectivity index (χ1v) is 9.53. The summed E-state index contributed by atoms with van der Waals surface area (Å²) in [6.07, 6.45) is 0. The lowest BCUT2D eigenvalue weighted by atomic mass is 10.2. The number of rotatable bonds is 4. The molecule has 0 aliphatic rings. The zero-order chi connectivity index (χ0) is 15.8. The Bertz CT molecular complexity index is 801. The molecule has 112 valence electrons. The van der Waals surface area contributed by atoms with Gasteiger partial charge >= 0.3 is 0 Å². The molecule has 2 rings (SSSR count). The fourth-order valence-corrected chi connectivity index (χ4v) is 5.29. The quantitative estimate of drug-likeness (QED) is 0.689. The third kappa shape index (κ3) is 3.88. The lowest BCUT2D eigenvalue weighted by molar-refractivity contribution is 0.603. The smallest absolute Gasteiger partial charge is 0.271 e. The largest absolute Gasteiger partial charge is 0.389 e. The van der Waals surface area contributed by atoms with Gasteiger partial charge in [-0.2, -0.15) is 0 Å². The molecule has 0 spiro atoms. The van der Waals surface area contributed by atoms with E-state index in [0.717, 1.165) is 11.3 Å². The molecule has 0 saturated heterocycles. The number of sulfonamides is 1. The Morgan fingerprint density at radius 2 is 2.00 bits per heavy atom. The average molecular weight is 446 g/mol. The highest BCUT2D eigenvalue weighted by atomic mass is 79.9. The van der Waals surface area contributed by atoms with Crippen LogP contribution in [0.3, 0.4) is 0 Å². The summed E-state index contributed by atoms with van der Waals surface area (Å²) in [7, 11) is -3.81. The molecule has 21 heavy (non-hydrogen) atoms. The van der Waals surface area contributed by atoms with Gasteiger partial charge in [0.2, 0.25) is 0 Å². The molecule has 0 saturated carbocycles. The number of hydrogen-bond donors (Lipinski definition) is 2. The SMILES string of the molecule is NC(=S)c1ccc(Cl)cc1NS(=O)(=O)c1cc(Cl)c(Br)s1. The maximum absolute atomic E-state index is 12.3. The van der Waals surface area contributed by atoms with Crippen molar-refractivity contribution < 1.29 is 8.42 Å². The van der Waals surface area contributed by atoms with E-state index < -0.39 is 10.0 Å². The molecule has 2 aromatic rings. The van der Waals surface area contributed by atoms with Crippen molar-refractivity contribution in [1.29, 1.82) is 0 Å². The highest BCUT2D eigenvalue weighted by Gasteiger charge is 2.21. The number of benzene rings is 1.